The van der Waals surface area contributed by atoms with Crippen LogP contribution in [0.2, 0.25) is 0 Å². The second-order valence-electron chi connectivity index (χ2n) is 7.21. The van der Waals surface area contributed by atoms with Crippen LogP contribution in [0.15, 0.2) is 18.3 Å². The van der Waals surface area contributed by atoms with E-state index >= 15 is 0 Å². The Labute approximate surface area is 181 Å². The molecular formula is C20H28ClN5O2S. The molecule has 0 aliphatic carbocycles. The third kappa shape index (κ3) is 4.88. The van der Waals surface area contributed by atoms with Crippen LogP contribution in [0.4, 0.5) is 5.13 Å². The van der Waals surface area contributed by atoms with Crippen LogP contribution in [0.5, 0.6) is 5.75 Å². The van der Waals surface area contributed by atoms with Crippen LogP contribution in [0.1, 0.15) is 28.0 Å². The normalized spacial score (nSPS) is 11.0. The van der Waals surface area contributed by atoms with Crippen molar-refractivity contribution in [3.05, 3.63) is 35.2 Å². The molecule has 29 heavy (non-hydrogen) atoms. The number of anilines is 1. The standard InChI is InChI=1S/C20H27N5O2S.ClH/c1-13-8-9-15(27-6)17-18(13)28-20(21-17)25(11-7-10-23(3)4)19(26)16-14(2)12-24(5)22-16;/h8-9,12H,7,10-11H2,1-6H3;1H. The van der Waals surface area contributed by atoms with Gasteiger partial charge in [0, 0.05) is 25.4 Å². The molecule has 0 N–H and O–H groups in total. The fourth-order valence-corrected chi connectivity index (χ4v) is 4.23. The molecule has 0 atom stereocenters. The number of methoxy groups -OCH3 is 1. The number of carbonyl (C=O) groups excluding carboxylic acids is 1. The number of hydrogen-bond acceptors (Lipinski definition) is 6. The van der Waals surface area contributed by atoms with E-state index in [2.05, 4.69) is 10.00 Å². The molecule has 0 aliphatic rings. The number of hydrogen-bond donors (Lipinski definition) is 0. The van der Waals surface area contributed by atoms with E-state index in [-0.39, 0.29) is 18.3 Å². The molecule has 0 fully saturated rings. The summed E-state index contributed by atoms with van der Waals surface area (Å²) in [5, 5.41) is 5.05. The predicted molar refractivity (Wildman–Crippen MR) is 121 cm³/mol. The first kappa shape index (κ1) is 23.1. The van der Waals surface area contributed by atoms with Crippen LogP contribution in [0, 0.1) is 13.8 Å². The highest BCUT2D eigenvalue weighted by molar-refractivity contribution is 7.22. The summed E-state index contributed by atoms with van der Waals surface area (Å²) >= 11 is 1.52. The molecule has 158 valence electrons. The molecule has 2 aromatic heterocycles. The van der Waals surface area contributed by atoms with Gasteiger partial charge in [0.1, 0.15) is 11.3 Å². The van der Waals surface area contributed by atoms with Gasteiger partial charge in [-0.15, -0.1) is 12.4 Å². The van der Waals surface area contributed by atoms with Crippen molar-refractivity contribution in [2.45, 2.75) is 20.3 Å². The topological polar surface area (TPSA) is 63.5 Å². The van der Waals surface area contributed by atoms with Gasteiger partial charge in [0.05, 0.1) is 11.8 Å². The highest BCUT2D eigenvalue weighted by atomic mass is 35.5. The first-order valence-electron chi connectivity index (χ1n) is 9.22. The van der Waals surface area contributed by atoms with E-state index in [1.807, 2.05) is 53.3 Å². The van der Waals surface area contributed by atoms with E-state index in [9.17, 15) is 4.79 Å². The van der Waals surface area contributed by atoms with Gasteiger partial charge in [0.2, 0.25) is 0 Å². The zero-order valence-corrected chi connectivity index (χ0v) is 19.4. The minimum Gasteiger partial charge on any atom is -0.494 e. The van der Waals surface area contributed by atoms with Gasteiger partial charge in [-0.05, 0) is 52.5 Å². The van der Waals surface area contributed by atoms with Gasteiger partial charge in [-0.1, -0.05) is 17.4 Å². The largest absolute Gasteiger partial charge is 0.494 e. The first-order chi connectivity index (χ1) is 13.3. The van der Waals surface area contributed by atoms with E-state index in [4.69, 9.17) is 9.72 Å². The van der Waals surface area contributed by atoms with Gasteiger partial charge in [-0.25, -0.2) is 4.98 Å². The lowest BCUT2D eigenvalue weighted by molar-refractivity contribution is 0.0980. The molecule has 0 bridgehead atoms. The summed E-state index contributed by atoms with van der Waals surface area (Å²) in [5.41, 5.74) is 3.25. The molecule has 1 aromatic carbocycles. The highest BCUT2D eigenvalue weighted by Crippen LogP contribution is 2.37. The zero-order valence-electron chi connectivity index (χ0n) is 17.7. The van der Waals surface area contributed by atoms with E-state index in [1.54, 1.807) is 16.7 Å². The zero-order chi connectivity index (χ0) is 20.4. The summed E-state index contributed by atoms with van der Waals surface area (Å²) in [6, 6.07) is 3.94. The first-order valence-corrected chi connectivity index (χ1v) is 10.0. The van der Waals surface area contributed by atoms with E-state index < -0.39 is 0 Å². The third-order valence-corrected chi connectivity index (χ3v) is 5.80. The quantitative estimate of drug-likeness (QED) is 0.564. The Bertz CT molecular complexity index is 998. The molecule has 2 heterocycles. The van der Waals surface area contributed by atoms with Crippen LogP contribution in [0.25, 0.3) is 10.2 Å². The summed E-state index contributed by atoms with van der Waals surface area (Å²) in [5.74, 6) is 0.602. The van der Waals surface area contributed by atoms with Crippen molar-refractivity contribution in [2.24, 2.45) is 7.05 Å². The molecule has 3 aromatic rings. The number of thiazole rings is 1. The Morgan fingerprint density at radius 3 is 2.52 bits per heavy atom. The molecule has 7 nitrogen and oxygen atoms in total. The van der Waals surface area contributed by atoms with Gasteiger partial charge < -0.3 is 9.64 Å². The monoisotopic (exact) mass is 437 g/mol. The molecule has 0 spiro atoms. The van der Waals surface area contributed by atoms with Crippen LogP contribution in [-0.4, -0.2) is 59.9 Å². The fourth-order valence-electron chi connectivity index (χ4n) is 3.15. The SMILES string of the molecule is COc1ccc(C)c2sc(N(CCCN(C)C)C(=O)c3nn(C)cc3C)nc12.Cl. The smallest absolute Gasteiger partial charge is 0.280 e. The molecular weight excluding hydrogens is 410 g/mol. The average Bonchev–Trinajstić information content (AvgIpc) is 3.22. The molecule has 0 saturated heterocycles. The minimum absolute atomic E-state index is 0. The number of aryl methyl sites for hydroxylation is 3. The van der Waals surface area contributed by atoms with Gasteiger partial charge in [-0.3, -0.25) is 14.4 Å². The van der Waals surface area contributed by atoms with Crippen molar-refractivity contribution in [1.82, 2.24) is 19.7 Å². The Kier molecular flexibility index (Phi) is 7.62. The van der Waals surface area contributed by atoms with Gasteiger partial charge in [0.25, 0.3) is 5.91 Å². The molecule has 0 aliphatic heterocycles. The summed E-state index contributed by atoms with van der Waals surface area (Å²) in [6.07, 6.45) is 2.70. The maximum absolute atomic E-state index is 13.3. The number of amides is 1. The Morgan fingerprint density at radius 2 is 1.93 bits per heavy atom. The number of aromatic nitrogens is 3. The van der Waals surface area contributed by atoms with Crippen molar-refractivity contribution in [2.75, 3.05) is 39.2 Å². The number of fused-ring (bicyclic) bond motifs is 1. The summed E-state index contributed by atoms with van der Waals surface area (Å²) in [6.45, 7) is 5.42. The lowest BCUT2D eigenvalue weighted by Crippen LogP contribution is -2.34. The lowest BCUT2D eigenvalue weighted by Gasteiger charge is -2.20. The van der Waals surface area contributed by atoms with Crippen molar-refractivity contribution in [3.8, 4) is 5.75 Å². The van der Waals surface area contributed by atoms with Gasteiger partial charge in [0.15, 0.2) is 10.8 Å². The Morgan fingerprint density at radius 1 is 1.21 bits per heavy atom. The van der Waals surface area contributed by atoms with Crippen LogP contribution >= 0.6 is 23.7 Å². The molecule has 0 radical (unpaired) electrons. The maximum Gasteiger partial charge on any atom is 0.280 e. The minimum atomic E-state index is -0.118. The van der Waals surface area contributed by atoms with E-state index in [0.717, 1.165) is 40.1 Å². The molecule has 3 rings (SSSR count). The summed E-state index contributed by atoms with van der Waals surface area (Å²) < 4.78 is 8.19. The summed E-state index contributed by atoms with van der Waals surface area (Å²) in [7, 11) is 7.52. The van der Waals surface area contributed by atoms with E-state index in [1.165, 1.54) is 11.3 Å². The number of nitrogens with zero attached hydrogens (tertiary/aromatic N) is 5. The van der Waals surface area contributed by atoms with E-state index in [0.29, 0.717) is 17.4 Å². The third-order valence-electron chi connectivity index (χ3n) is 4.59. The van der Waals surface area contributed by atoms with Crippen molar-refractivity contribution in [3.63, 3.8) is 0 Å². The maximum atomic E-state index is 13.3. The second-order valence-corrected chi connectivity index (χ2v) is 8.18. The number of benzene rings is 1. The molecule has 0 unspecified atom stereocenters. The molecule has 1 amide bonds. The number of rotatable bonds is 7. The fraction of sp³-hybridized carbons (Fsp3) is 0.450. The van der Waals surface area contributed by atoms with Crippen LogP contribution in [0.3, 0.4) is 0 Å². The number of ether oxygens (including phenoxy) is 1. The number of halogens is 1. The van der Waals surface area contributed by atoms with Crippen molar-refractivity contribution >= 4 is 45.0 Å². The number of carbonyl (C=O) groups is 1. The van der Waals surface area contributed by atoms with Gasteiger partial charge >= 0.3 is 0 Å². The average molecular weight is 438 g/mol. The van der Waals surface area contributed by atoms with Crippen LogP contribution < -0.4 is 9.64 Å². The second kappa shape index (κ2) is 9.56. The van der Waals surface area contributed by atoms with Crippen LogP contribution in [-0.2, 0) is 7.05 Å². The predicted octanol–water partition coefficient (Wildman–Crippen LogP) is 3.68. The lowest BCUT2D eigenvalue weighted by atomic mass is 10.2. The van der Waals surface area contributed by atoms with Crippen molar-refractivity contribution in [1.29, 1.82) is 0 Å². The Balaban J connectivity index is 0.00000300. The Hall–Kier alpha value is -2.16. The molecule has 0 saturated carbocycles. The van der Waals surface area contributed by atoms with Gasteiger partial charge in [-0.2, -0.15) is 5.10 Å². The van der Waals surface area contributed by atoms with Crippen molar-refractivity contribution < 1.29 is 9.53 Å². The summed E-state index contributed by atoms with van der Waals surface area (Å²) in [4.78, 5) is 22.0. The molecule has 9 heteroatoms. The highest BCUT2D eigenvalue weighted by Gasteiger charge is 2.25.